The number of carbonyl (C=O) groups excluding carboxylic acids is 1. The average molecular weight is 367 g/mol. The standard InChI is InChI=1S/C21H19ClN2O2/c1-15-12-18(22)4-7-20(15)26-14-21(25)24-19-5-2-16(3-6-19)13-17-8-10-23-11-9-17/h2-12H,13-14H2,1H3,(H,24,25). The molecule has 0 unspecified atom stereocenters. The van der Waals surface area contributed by atoms with Crippen LogP contribution in [0, 0.1) is 6.92 Å². The number of aryl methyl sites for hydroxylation is 1. The molecule has 4 nitrogen and oxygen atoms in total. The number of nitrogens with zero attached hydrogens (tertiary/aromatic N) is 1. The number of aromatic nitrogens is 1. The molecule has 3 rings (SSSR count). The Hall–Kier alpha value is -2.85. The summed E-state index contributed by atoms with van der Waals surface area (Å²) >= 11 is 5.91. The highest BCUT2D eigenvalue weighted by molar-refractivity contribution is 6.30. The van der Waals surface area contributed by atoms with Crippen LogP contribution in [-0.2, 0) is 11.2 Å². The van der Waals surface area contributed by atoms with Crippen molar-refractivity contribution >= 4 is 23.2 Å². The second-order valence-corrected chi connectivity index (χ2v) is 6.41. The fourth-order valence-electron chi connectivity index (χ4n) is 2.56. The first-order chi connectivity index (χ1) is 12.6. The topological polar surface area (TPSA) is 51.2 Å². The van der Waals surface area contributed by atoms with E-state index in [1.54, 1.807) is 30.6 Å². The molecule has 26 heavy (non-hydrogen) atoms. The predicted molar refractivity (Wildman–Crippen MR) is 104 cm³/mol. The maximum Gasteiger partial charge on any atom is 0.262 e. The molecule has 0 spiro atoms. The van der Waals surface area contributed by atoms with Gasteiger partial charge in [-0.1, -0.05) is 23.7 Å². The summed E-state index contributed by atoms with van der Waals surface area (Å²) in [5.74, 6) is 0.443. The number of anilines is 1. The number of ether oxygens (including phenoxy) is 1. The number of pyridine rings is 1. The summed E-state index contributed by atoms with van der Waals surface area (Å²) in [6.07, 6.45) is 4.40. The number of hydrogen-bond donors (Lipinski definition) is 1. The lowest BCUT2D eigenvalue weighted by Crippen LogP contribution is -2.20. The predicted octanol–water partition coefficient (Wildman–Crippen LogP) is 4.65. The lowest BCUT2D eigenvalue weighted by molar-refractivity contribution is -0.118. The Labute approximate surface area is 157 Å². The van der Waals surface area contributed by atoms with Crippen LogP contribution in [0.25, 0.3) is 0 Å². The second-order valence-electron chi connectivity index (χ2n) is 5.98. The molecule has 0 atom stereocenters. The van der Waals surface area contributed by atoms with Crippen molar-refractivity contribution in [2.24, 2.45) is 0 Å². The van der Waals surface area contributed by atoms with Crippen molar-refractivity contribution in [2.75, 3.05) is 11.9 Å². The largest absolute Gasteiger partial charge is 0.483 e. The number of rotatable bonds is 6. The molecule has 2 aromatic carbocycles. The third-order valence-corrected chi connectivity index (χ3v) is 4.13. The van der Waals surface area contributed by atoms with Gasteiger partial charge < -0.3 is 10.1 Å². The number of halogens is 1. The minimum absolute atomic E-state index is 0.0543. The maximum absolute atomic E-state index is 12.1. The van der Waals surface area contributed by atoms with Gasteiger partial charge in [0, 0.05) is 23.1 Å². The molecule has 0 radical (unpaired) electrons. The number of nitrogens with one attached hydrogen (secondary N) is 1. The van der Waals surface area contributed by atoms with Gasteiger partial charge in [-0.15, -0.1) is 0 Å². The van der Waals surface area contributed by atoms with Gasteiger partial charge in [-0.05, 0) is 72.5 Å². The third-order valence-electron chi connectivity index (χ3n) is 3.89. The van der Waals surface area contributed by atoms with Crippen molar-refractivity contribution < 1.29 is 9.53 Å². The van der Waals surface area contributed by atoms with Gasteiger partial charge in [-0.25, -0.2) is 0 Å². The van der Waals surface area contributed by atoms with Crippen molar-refractivity contribution in [2.45, 2.75) is 13.3 Å². The van der Waals surface area contributed by atoms with E-state index in [4.69, 9.17) is 16.3 Å². The average Bonchev–Trinajstić information content (AvgIpc) is 2.63. The zero-order chi connectivity index (χ0) is 18.4. The van der Waals surface area contributed by atoms with Crippen molar-refractivity contribution in [3.05, 3.63) is 88.7 Å². The molecule has 3 aromatic rings. The minimum Gasteiger partial charge on any atom is -0.483 e. The molecule has 1 heterocycles. The van der Waals surface area contributed by atoms with E-state index in [9.17, 15) is 4.79 Å². The van der Waals surface area contributed by atoms with Crippen LogP contribution >= 0.6 is 11.6 Å². The maximum atomic E-state index is 12.1. The van der Waals surface area contributed by atoms with Crippen LogP contribution in [0.5, 0.6) is 5.75 Å². The molecular weight excluding hydrogens is 348 g/mol. The van der Waals surface area contributed by atoms with Crippen molar-refractivity contribution in [1.29, 1.82) is 0 Å². The minimum atomic E-state index is -0.207. The summed E-state index contributed by atoms with van der Waals surface area (Å²) in [6.45, 7) is 1.84. The molecule has 0 saturated heterocycles. The Morgan fingerprint density at radius 3 is 2.42 bits per heavy atom. The Morgan fingerprint density at radius 1 is 1.04 bits per heavy atom. The molecule has 5 heteroatoms. The Balaban J connectivity index is 1.52. The van der Waals surface area contributed by atoms with E-state index < -0.39 is 0 Å². The zero-order valence-electron chi connectivity index (χ0n) is 14.4. The second kappa shape index (κ2) is 8.50. The van der Waals surface area contributed by atoms with Crippen LogP contribution in [0.3, 0.4) is 0 Å². The summed E-state index contributed by atoms with van der Waals surface area (Å²) in [6, 6.07) is 17.1. The van der Waals surface area contributed by atoms with E-state index in [1.807, 2.05) is 43.3 Å². The van der Waals surface area contributed by atoms with Gasteiger partial charge in [0.2, 0.25) is 0 Å². The Morgan fingerprint density at radius 2 is 1.73 bits per heavy atom. The first-order valence-corrected chi connectivity index (χ1v) is 8.64. The first-order valence-electron chi connectivity index (χ1n) is 8.27. The van der Waals surface area contributed by atoms with Gasteiger partial charge in [0.05, 0.1) is 0 Å². The van der Waals surface area contributed by atoms with Crippen LogP contribution in [0.4, 0.5) is 5.69 Å². The van der Waals surface area contributed by atoms with Crippen LogP contribution in [0.15, 0.2) is 67.0 Å². The lowest BCUT2D eigenvalue weighted by Gasteiger charge is -2.10. The summed E-state index contributed by atoms with van der Waals surface area (Å²) in [5.41, 5.74) is 4.00. The van der Waals surface area contributed by atoms with E-state index in [0.717, 1.165) is 17.7 Å². The molecule has 0 aliphatic heterocycles. The van der Waals surface area contributed by atoms with Crippen molar-refractivity contribution in [1.82, 2.24) is 4.98 Å². The van der Waals surface area contributed by atoms with Crippen molar-refractivity contribution in [3.63, 3.8) is 0 Å². The Kier molecular flexibility index (Phi) is 5.87. The highest BCUT2D eigenvalue weighted by Gasteiger charge is 2.06. The van der Waals surface area contributed by atoms with Crippen LogP contribution in [0.2, 0.25) is 5.02 Å². The van der Waals surface area contributed by atoms with Gasteiger partial charge in [-0.2, -0.15) is 0 Å². The molecular formula is C21H19ClN2O2. The summed E-state index contributed by atoms with van der Waals surface area (Å²) in [4.78, 5) is 16.1. The van der Waals surface area contributed by atoms with Crippen LogP contribution < -0.4 is 10.1 Å². The number of benzene rings is 2. The molecule has 0 bridgehead atoms. The normalized spacial score (nSPS) is 10.4. The molecule has 132 valence electrons. The van der Waals surface area contributed by atoms with Gasteiger partial charge in [0.1, 0.15) is 5.75 Å². The molecule has 0 aliphatic rings. The lowest BCUT2D eigenvalue weighted by atomic mass is 10.1. The molecule has 0 saturated carbocycles. The van der Waals surface area contributed by atoms with Crippen LogP contribution in [-0.4, -0.2) is 17.5 Å². The van der Waals surface area contributed by atoms with E-state index in [0.29, 0.717) is 10.8 Å². The monoisotopic (exact) mass is 366 g/mol. The molecule has 1 aromatic heterocycles. The van der Waals surface area contributed by atoms with E-state index in [-0.39, 0.29) is 12.5 Å². The molecule has 0 fully saturated rings. The quantitative estimate of drug-likeness (QED) is 0.690. The summed E-state index contributed by atoms with van der Waals surface area (Å²) < 4.78 is 5.55. The molecule has 1 amide bonds. The van der Waals surface area contributed by atoms with Gasteiger partial charge in [0.25, 0.3) is 5.91 Å². The Bertz CT molecular complexity index is 880. The van der Waals surface area contributed by atoms with Crippen LogP contribution in [0.1, 0.15) is 16.7 Å². The van der Waals surface area contributed by atoms with Gasteiger partial charge >= 0.3 is 0 Å². The molecule has 1 N–H and O–H groups in total. The van der Waals surface area contributed by atoms with Gasteiger partial charge in [0.15, 0.2) is 6.61 Å². The highest BCUT2D eigenvalue weighted by Crippen LogP contribution is 2.21. The van der Waals surface area contributed by atoms with E-state index in [1.165, 1.54) is 11.1 Å². The smallest absolute Gasteiger partial charge is 0.262 e. The van der Waals surface area contributed by atoms with Crippen molar-refractivity contribution in [3.8, 4) is 5.75 Å². The van der Waals surface area contributed by atoms with E-state index >= 15 is 0 Å². The third kappa shape index (κ3) is 5.07. The number of amides is 1. The SMILES string of the molecule is Cc1cc(Cl)ccc1OCC(=O)Nc1ccc(Cc2ccncc2)cc1. The summed E-state index contributed by atoms with van der Waals surface area (Å²) in [7, 11) is 0. The fraction of sp³-hybridized carbons (Fsp3) is 0.143. The molecule has 0 aliphatic carbocycles. The van der Waals surface area contributed by atoms with E-state index in [2.05, 4.69) is 10.3 Å². The zero-order valence-corrected chi connectivity index (χ0v) is 15.2. The first kappa shape index (κ1) is 18.0. The summed E-state index contributed by atoms with van der Waals surface area (Å²) in [5, 5.41) is 3.48. The van der Waals surface area contributed by atoms with Gasteiger partial charge in [-0.3, -0.25) is 9.78 Å². The highest BCUT2D eigenvalue weighted by atomic mass is 35.5. The number of carbonyl (C=O) groups is 1. The fourth-order valence-corrected chi connectivity index (χ4v) is 2.78. The number of hydrogen-bond acceptors (Lipinski definition) is 3.